The lowest BCUT2D eigenvalue weighted by Gasteiger charge is -2.08. The van der Waals surface area contributed by atoms with Gasteiger partial charge in [0.2, 0.25) is 11.8 Å². The molecule has 26 heavy (non-hydrogen) atoms. The van der Waals surface area contributed by atoms with Crippen LogP contribution in [0.25, 0.3) is 11.3 Å². The zero-order chi connectivity index (χ0) is 18.5. The Morgan fingerprint density at radius 3 is 2.77 bits per heavy atom. The summed E-state index contributed by atoms with van der Waals surface area (Å²) in [6.07, 6.45) is 0. The number of nitrogens with zero attached hydrogens (tertiary/aromatic N) is 3. The molecule has 136 valence electrons. The highest BCUT2D eigenvalue weighted by Crippen LogP contribution is 2.33. The number of benzene rings is 1. The second-order valence-electron chi connectivity index (χ2n) is 5.03. The average Bonchev–Trinajstić information content (AvgIpc) is 3.28. The molecule has 0 aliphatic rings. The Kier molecular flexibility index (Phi) is 5.74. The van der Waals surface area contributed by atoms with Crippen molar-refractivity contribution < 1.29 is 18.7 Å². The van der Waals surface area contributed by atoms with Gasteiger partial charge in [-0.05, 0) is 18.2 Å². The van der Waals surface area contributed by atoms with Crippen molar-refractivity contribution in [3.8, 4) is 22.8 Å². The minimum absolute atomic E-state index is 0.160. The molecule has 8 nitrogen and oxygen atoms in total. The van der Waals surface area contributed by atoms with E-state index in [4.69, 9.17) is 13.9 Å². The number of nitrogens with one attached hydrogen (secondary N) is 1. The van der Waals surface area contributed by atoms with Crippen LogP contribution in [-0.2, 0) is 4.79 Å². The summed E-state index contributed by atoms with van der Waals surface area (Å²) in [4.78, 5) is 16.5. The van der Waals surface area contributed by atoms with Crippen LogP contribution in [0.15, 0.2) is 33.2 Å². The number of thioether (sulfide) groups is 1. The van der Waals surface area contributed by atoms with Gasteiger partial charge in [0.1, 0.15) is 0 Å². The van der Waals surface area contributed by atoms with E-state index in [2.05, 4.69) is 20.5 Å². The molecule has 0 spiro atoms. The van der Waals surface area contributed by atoms with Crippen molar-refractivity contribution in [2.24, 2.45) is 0 Å². The topological polar surface area (TPSA) is 99.4 Å². The van der Waals surface area contributed by atoms with Crippen LogP contribution in [0.2, 0.25) is 0 Å². The fourth-order valence-electron chi connectivity index (χ4n) is 2.08. The van der Waals surface area contributed by atoms with Crippen molar-refractivity contribution >= 4 is 34.1 Å². The van der Waals surface area contributed by atoms with Crippen molar-refractivity contribution in [1.29, 1.82) is 0 Å². The van der Waals surface area contributed by atoms with E-state index in [0.717, 1.165) is 11.3 Å². The second kappa shape index (κ2) is 8.19. The number of carbonyl (C=O) groups excluding carboxylic acids is 1. The Labute approximate surface area is 157 Å². The molecule has 0 radical (unpaired) electrons. The molecule has 3 rings (SSSR count). The highest BCUT2D eigenvalue weighted by molar-refractivity contribution is 7.99. The summed E-state index contributed by atoms with van der Waals surface area (Å²) in [5.41, 5.74) is 1.61. The summed E-state index contributed by atoms with van der Waals surface area (Å²) in [5, 5.41) is 13.1. The third-order valence-corrected chi connectivity index (χ3v) is 4.84. The second-order valence-corrected chi connectivity index (χ2v) is 6.82. The zero-order valence-corrected chi connectivity index (χ0v) is 15.9. The van der Waals surface area contributed by atoms with Gasteiger partial charge < -0.3 is 19.2 Å². The van der Waals surface area contributed by atoms with Gasteiger partial charge >= 0.3 is 0 Å². The lowest BCUT2D eigenvalue weighted by molar-refractivity contribution is -0.113. The number of carbonyl (C=O) groups is 1. The summed E-state index contributed by atoms with van der Waals surface area (Å²) in [5.74, 6) is 1.70. The molecule has 1 N–H and O–H groups in total. The predicted molar refractivity (Wildman–Crippen MR) is 99.0 cm³/mol. The maximum absolute atomic E-state index is 12.0. The average molecular weight is 392 g/mol. The molecule has 0 saturated carbocycles. The Bertz CT molecular complexity index is 909. The number of methoxy groups -OCH3 is 2. The van der Waals surface area contributed by atoms with Crippen molar-refractivity contribution in [3.05, 3.63) is 29.5 Å². The fraction of sp³-hybridized carbons (Fsp3) is 0.250. The number of amides is 1. The maximum atomic E-state index is 12.0. The van der Waals surface area contributed by atoms with E-state index in [1.165, 1.54) is 23.1 Å². The number of hydrogen-bond donors (Lipinski definition) is 1. The molecule has 1 aromatic carbocycles. The molecular weight excluding hydrogens is 376 g/mol. The molecule has 0 fully saturated rings. The number of aromatic nitrogens is 3. The van der Waals surface area contributed by atoms with Crippen LogP contribution in [0.3, 0.4) is 0 Å². The van der Waals surface area contributed by atoms with Gasteiger partial charge in [-0.3, -0.25) is 4.79 Å². The molecule has 0 unspecified atom stereocenters. The van der Waals surface area contributed by atoms with Crippen molar-refractivity contribution in [1.82, 2.24) is 15.2 Å². The molecule has 1 amide bonds. The van der Waals surface area contributed by atoms with Gasteiger partial charge in [0.15, 0.2) is 16.6 Å². The highest BCUT2D eigenvalue weighted by Gasteiger charge is 2.12. The zero-order valence-electron chi connectivity index (χ0n) is 14.3. The van der Waals surface area contributed by atoms with Gasteiger partial charge in [-0.1, -0.05) is 11.8 Å². The summed E-state index contributed by atoms with van der Waals surface area (Å²) >= 11 is 2.52. The molecule has 0 aliphatic carbocycles. The van der Waals surface area contributed by atoms with Crippen LogP contribution in [0.1, 0.15) is 5.89 Å². The first-order valence-electron chi connectivity index (χ1n) is 7.49. The number of rotatable bonds is 7. The van der Waals surface area contributed by atoms with Crippen LogP contribution in [0, 0.1) is 6.92 Å². The predicted octanol–water partition coefficient (Wildman–Crippen LogP) is 3.25. The largest absolute Gasteiger partial charge is 0.493 e. The van der Waals surface area contributed by atoms with Crippen molar-refractivity contribution in [2.45, 2.75) is 12.1 Å². The first kappa shape index (κ1) is 18.2. The van der Waals surface area contributed by atoms with E-state index >= 15 is 0 Å². The first-order valence-corrected chi connectivity index (χ1v) is 9.36. The molecule has 2 aromatic heterocycles. The van der Waals surface area contributed by atoms with E-state index in [1.807, 2.05) is 23.6 Å². The number of aryl methyl sites for hydroxylation is 1. The first-order chi connectivity index (χ1) is 12.6. The quantitative estimate of drug-likeness (QED) is 0.612. The summed E-state index contributed by atoms with van der Waals surface area (Å²) in [6.45, 7) is 1.70. The highest BCUT2D eigenvalue weighted by atomic mass is 32.2. The summed E-state index contributed by atoms with van der Waals surface area (Å²) < 4.78 is 15.7. The van der Waals surface area contributed by atoms with Gasteiger partial charge in [-0.25, -0.2) is 4.98 Å². The smallest absolute Gasteiger partial charge is 0.277 e. The van der Waals surface area contributed by atoms with Crippen molar-refractivity contribution in [3.63, 3.8) is 0 Å². The van der Waals surface area contributed by atoms with Crippen LogP contribution >= 0.6 is 23.1 Å². The fourth-order valence-corrected chi connectivity index (χ4v) is 3.42. The van der Waals surface area contributed by atoms with Gasteiger partial charge in [0.25, 0.3) is 5.22 Å². The van der Waals surface area contributed by atoms with Crippen molar-refractivity contribution in [2.75, 3.05) is 25.3 Å². The molecule has 0 aliphatic heterocycles. The molecule has 2 heterocycles. The summed E-state index contributed by atoms with van der Waals surface area (Å²) in [7, 11) is 3.17. The number of thiazole rings is 1. The minimum Gasteiger partial charge on any atom is -0.493 e. The Morgan fingerprint density at radius 1 is 1.27 bits per heavy atom. The van der Waals surface area contributed by atoms with Gasteiger partial charge in [0, 0.05) is 17.9 Å². The summed E-state index contributed by atoms with van der Waals surface area (Å²) in [6, 6.07) is 5.54. The van der Waals surface area contributed by atoms with Crippen LogP contribution in [-0.4, -0.2) is 41.1 Å². The molecule has 0 bridgehead atoms. The number of ether oxygens (including phenoxy) is 2. The van der Waals surface area contributed by atoms with E-state index < -0.39 is 0 Å². The molecule has 3 aromatic rings. The number of hydrogen-bond acceptors (Lipinski definition) is 9. The Hall–Kier alpha value is -2.59. The lowest BCUT2D eigenvalue weighted by Crippen LogP contribution is -2.13. The SMILES string of the molecule is COc1ccc(-c2csc(NC(=O)CSc3nnc(C)o3)n2)cc1OC. The maximum Gasteiger partial charge on any atom is 0.277 e. The van der Waals surface area contributed by atoms with Gasteiger partial charge in [-0.2, -0.15) is 0 Å². The monoisotopic (exact) mass is 392 g/mol. The number of anilines is 1. The van der Waals surface area contributed by atoms with Crippen LogP contribution < -0.4 is 14.8 Å². The molecule has 0 saturated heterocycles. The van der Waals surface area contributed by atoms with Gasteiger partial charge in [0.05, 0.1) is 25.7 Å². The third-order valence-electron chi connectivity index (χ3n) is 3.26. The standard InChI is InChI=1S/C16H16N4O4S2/c1-9-19-20-16(24-9)26-8-14(21)18-15-17-11(7-25-15)10-4-5-12(22-2)13(6-10)23-3/h4-7H,8H2,1-3H3,(H,17,18,21). The third kappa shape index (κ3) is 4.33. The molecule has 10 heteroatoms. The van der Waals surface area contributed by atoms with E-state index in [1.54, 1.807) is 21.1 Å². The van der Waals surface area contributed by atoms with Crippen LogP contribution in [0.4, 0.5) is 5.13 Å². The normalized spacial score (nSPS) is 10.6. The van der Waals surface area contributed by atoms with Gasteiger partial charge in [-0.15, -0.1) is 21.5 Å². The van der Waals surface area contributed by atoms with E-state index in [9.17, 15) is 4.79 Å². The molecular formula is C16H16N4O4S2. The molecule has 0 atom stereocenters. The van der Waals surface area contributed by atoms with E-state index in [-0.39, 0.29) is 11.7 Å². The van der Waals surface area contributed by atoms with E-state index in [0.29, 0.717) is 27.7 Å². The minimum atomic E-state index is -0.195. The lowest BCUT2D eigenvalue weighted by atomic mass is 10.1. The van der Waals surface area contributed by atoms with Crippen LogP contribution in [0.5, 0.6) is 11.5 Å². The Balaban J connectivity index is 1.63. The Morgan fingerprint density at radius 2 is 2.08 bits per heavy atom.